The summed E-state index contributed by atoms with van der Waals surface area (Å²) in [4.78, 5) is 11.1. The lowest BCUT2D eigenvalue weighted by molar-refractivity contribution is 0.112. The van der Waals surface area contributed by atoms with Crippen molar-refractivity contribution in [2.45, 2.75) is 40.0 Å². The van der Waals surface area contributed by atoms with Gasteiger partial charge in [0.1, 0.15) is 0 Å². The molecule has 0 bridgehead atoms. The molecule has 1 atom stereocenters. The lowest BCUT2D eigenvalue weighted by atomic mass is 9.79. The molecule has 0 aromatic heterocycles. The molecule has 0 spiro atoms. The average molecular weight is 214 g/mol. The molecule has 16 heavy (non-hydrogen) atoms. The molecule has 1 aromatic carbocycles. The van der Waals surface area contributed by atoms with E-state index in [1.807, 2.05) is 0 Å². The van der Waals surface area contributed by atoms with Crippen molar-refractivity contribution >= 4 is 6.29 Å². The number of carbonyl (C=O) groups excluding carboxylic acids is 1. The van der Waals surface area contributed by atoms with Crippen molar-refractivity contribution in [3.63, 3.8) is 0 Å². The molecule has 0 saturated carbocycles. The first kappa shape index (κ1) is 11.1. The standard InChI is InChI=1S/C15H18O/c1-9-6-5-7-13-12(4)14(8-16)10(2)11(3)15(9)13/h5-6,8-9H,7H2,1-4H3. The van der Waals surface area contributed by atoms with E-state index in [2.05, 4.69) is 39.8 Å². The van der Waals surface area contributed by atoms with Crippen LogP contribution in [0.25, 0.3) is 0 Å². The summed E-state index contributed by atoms with van der Waals surface area (Å²) in [7, 11) is 0. The molecule has 1 aromatic rings. The molecular weight excluding hydrogens is 196 g/mol. The molecule has 84 valence electrons. The van der Waals surface area contributed by atoms with Crippen molar-refractivity contribution in [3.8, 4) is 0 Å². The van der Waals surface area contributed by atoms with E-state index in [9.17, 15) is 4.79 Å². The van der Waals surface area contributed by atoms with Gasteiger partial charge in [0.25, 0.3) is 0 Å². The maximum Gasteiger partial charge on any atom is 0.150 e. The Kier molecular flexibility index (Phi) is 2.71. The Bertz CT molecular complexity index is 481. The summed E-state index contributed by atoms with van der Waals surface area (Å²) >= 11 is 0. The first-order chi connectivity index (χ1) is 7.57. The van der Waals surface area contributed by atoms with E-state index in [1.54, 1.807) is 0 Å². The number of aldehydes is 1. The number of benzene rings is 1. The zero-order valence-corrected chi connectivity index (χ0v) is 10.4. The molecule has 2 rings (SSSR count). The van der Waals surface area contributed by atoms with Gasteiger partial charge in [0, 0.05) is 5.56 Å². The highest BCUT2D eigenvalue weighted by molar-refractivity contribution is 5.82. The Morgan fingerprint density at radius 3 is 2.50 bits per heavy atom. The molecular formula is C15H18O. The topological polar surface area (TPSA) is 17.1 Å². The van der Waals surface area contributed by atoms with Gasteiger partial charge in [-0.25, -0.2) is 0 Å². The molecule has 1 unspecified atom stereocenters. The van der Waals surface area contributed by atoms with Crippen LogP contribution in [0.2, 0.25) is 0 Å². The largest absolute Gasteiger partial charge is 0.298 e. The maximum absolute atomic E-state index is 11.1. The number of carbonyl (C=O) groups is 1. The molecule has 0 fully saturated rings. The van der Waals surface area contributed by atoms with Crippen LogP contribution in [0, 0.1) is 20.8 Å². The molecule has 0 heterocycles. The molecule has 0 aliphatic heterocycles. The van der Waals surface area contributed by atoms with Crippen molar-refractivity contribution in [1.29, 1.82) is 0 Å². The van der Waals surface area contributed by atoms with Crippen LogP contribution >= 0.6 is 0 Å². The summed E-state index contributed by atoms with van der Waals surface area (Å²) in [6.45, 7) is 8.48. The third-order valence-corrected chi connectivity index (χ3v) is 3.87. The van der Waals surface area contributed by atoms with Crippen molar-refractivity contribution in [2.24, 2.45) is 0 Å². The maximum atomic E-state index is 11.1. The Balaban J connectivity index is 2.80. The van der Waals surface area contributed by atoms with Crippen LogP contribution in [0.5, 0.6) is 0 Å². The van der Waals surface area contributed by atoms with E-state index >= 15 is 0 Å². The molecule has 0 saturated heterocycles. The van der Waals surface area contributed by atoms with Crippen molar-refractivity contribution in [2.75, 3.05) is 0 Å². The zero-order chi connectivity index (χ0) is 11.9. The van der Waals surface area contributed by atoms with Gasteiger partial charge in [-0.05, 0) is 60.9 Å². The van der Waals surface area contributed by atoms with E-state index in [4.69, 9.17) is 0 Å². The predicted molar refractivity (Wildman–Crippen MR) is 67.3 cm³/mol. The van der Waals surface area contributed by atoms with E-state index < -0.39 is 0 Å². The predicted octanol–water partition coefficient (Wildman–Crippen LogP) is 3.64. The fraction of sp³-hybridized carbons (Fsp3) is 0.400. The number of hydrogen-bond acceptors (Lipinski definition) is 1. The quantitative estimate of drug-likeness (QED) is 0.515. The van der Waals surface area contributed by atoms with E-state index in [0.29, 0.717) is 5.92 Å². The van der Waals surface area contributed by atoms with Gasteiger partial charge in [-0.15, -0.1) is 0 Å². The Morgan fingerprint density at radius 1 is 1.19 bits per heavy atom. The third kappa shape index (κ3) is 1.42. The highest BCUT2D eigenvalue weighted by atomic mass is 16.1. The normalized spacial score (nSPS) is 18.4. The summed E-state index contributed by atoms with van der Waals surface area (Å²) < 4.78 is 0. The molecule has 0 radical (unpaired) electrons. The second-order valence-corrected chi connectivity index (χ2v) is 4.72. The lowest BCUT2D eigenvalue weighted by Gasteiger charge is -2.25. The van der Waals surface area contributed by atoms with Crippen LogP contribution in [0.15, 0.2) is 12.2 Å². The summed E-state index contributed by atoms with van der Waals surface area (Å²) in [6, 6.07) is 0. The number of fused-ring (bicyclic) bond motifs is 1. The number of hydrogen-bond donors (Lipinski definition) is 0. The molecule has 1 aliphatic carbocycles. The van der Waals surface area contributed by atoms with E-state index in [0.717, 1.165) is 23.8 Å². The first-order valence-electron chi connectivity index (χ1n) is 5.82. The van der Waals surface area contributed by atoms with Crippen molar-refractivity contribution < 1.29 is 4.79 Å². The second-order valence-electron chi connectivity index (χ2n) is 4.72. The Hall–Kier alpha value is -1.37. The zero-order valence-electron chi connectivity index (χ0n) is 10.4. The highest BCUT2D eigenvalue weighted by Crippen LogP contribution is 2.35. The van der Waals surface area contributed by atoms with Gasteiger partial charge in [-0.1, -0.05) is 19.1 Å². The minimum Gasteiger partial charge on any atom is -0.298 e. The van der Waals surface area contributed by atoms with Gasteiger partial charge in [0.15, 0.2) is 6.29 Å². The first-order valence-corrected chi connectivity index (χ1v) is 5.82. The summed E-state index contributed by atoms with van der Waals surface area (Å²) in [6.07, 6.45) is 6.44. The van der Waals surface area contributed by atoms with Gasteiger partial charge in [0.05, 0.1) is 0 Å². The summed E-state index contributed by atoms with van der Waals surface area (Å²) in [5.74, 6) is 0.474. The smallest absolute Gasteiger partial charge is 0.150 e. The van der Waals surface area contributed by atoms with Gasteiger partial charge < -0.3 is 0 Å². The lowest BCUT2D eigenvalue weighted by Crippen LogP contribution is -2.11. The van der Waals surface area contributed by atoms with Crippen LogP contribution in [0.1, 0.15) is 51.0 Å². The summed E-state index contributed by atoms with van der Waals surface area (Å²) in [5, 5.41) is 0. The van der Waals surface area contributed by atoms with Crippen LogP contribution in [0.3, 0.4) is 0 Å². The van der Waals surface area contributed by atoms with Gasteiger partial charge >= 0.3 is 0 Å². The number of rotatable bonds is 1. The molecule has 1 aliphatic rings. The Morgan fingerprint density at radius 2 is 1.88 bits per heavy atom. The van der Waals surface area contributed by atoms with E-state index in [1.165, 1.54) is 22.3 Å². The molecule has 1 nitrogen and oxygen atoms in total. The van der Waals surface area contributed by atoms with Gasteiger partial charge in [-0.3, -0.25) is 4.79 Å². The Labute approximate surface area is 97.2 Å². The van der Waals surface area contributed by atoms with Crippen LogP contribution < -0.4 is 0 Å². The van der Waals surface area contributed by atoms with Gasteiger partial charge in [-0.2, -0.15) is 0 Å². The van der Waals surface area contributed by atoms with Crippen LogP contribution in [-0.4, -0.2) is 6.29 Å². The number of allylic oxidation sites excluding steroid dienone is 2. The van der Waals surface area contributed by atoms with Crippen LogP contribution in [-0.2, 0) is 6.42 Å². The molecule has 0 amide bonds. The second kappa shape index (κ2) is 3.89. The van der Waals surface area contributed by atoms with Crippen molar-refractivity contribution in [3.05, 3.63) is 45.5 Å². The fourth-order valence-electron chi connectivity index (χ4n) is 2.82. The molecule has 0 N–H and O–H groups in total. The minimum absolute atomic E-state index is 0.474. The van der Waals surface area contributed by atoms with Crippen LogP contribution in [0.4, 0.5) is 0 Å². The minimum atomic E-state index is 0.474. The third-order valence-electron chi connectivity index (χ3n) is 3.87. The monoisotopic (exact) mass is 214 g/mol. The van der Waals surface area contributed by atoms with E-state index in [-0.39, 0.29) is 0 Å². The fourth-order valence-corrected chi connectivity index (χ4v) is 2.82. The molecule has 1 heteroatoms. The van der Waals surface area contributed by atoms with Gasteiger partial charge in [0.2, 0.25) is 0 Å². The van der Waals surface area contributed by atoms with Crippen molar-refractivity contribution in [1.82, 2.24) is 0 Å². The SMILES string of the molecule is Cc1c(C)c2c(c(C)c1C=O)CC=CC2C. The highest BCUT2D eigenvalue weighted by Gasteiger charge is 2.20. The average Bonchev–Trinajstić information content (AvgIpc) is 2.27. The summed E-state index contributed by atoms with van der Waals surface area (Å²) in [5.41, 5.74) is 7.29.